The predicted molar refractivity (Wildman–Crippen MR) is 135 cm³/mol. The van der Waals surface area contributed by atoms with Crippen molar-refractivity contribution in [2.45, 2.75) is 46.2 Å². The average Bonchev–Trinajstić information content (AvgIpc) is 3.23. The molecule has 1 aliphatic rings. The van der Waals surface area contributed by atoms with Crippen LogP contribution in [0, 0.1) is 13.8 Å². The summed E-state index contributed by atoms with van der Waals surface area (Å²) in [5.41, 5.74) is 4.12. The lowest BCUT2D eigenvalue weighted by atomic mass is 10.0. The molecule has 0 unspecified atom stereocenters. The van der Waals surface area contributed by atoms with Crippen molar-refractivity contribution in [1.82, 2.24) is 14.8 Å². The van der Waals surface area contributed by atoms with Crippen molar-refractivity contribution in [1.29, 1.82) is 0 Å². The highest BCUT2D eigenvalue weighted by molar-refractivity contribution is 6.30. The molecule has 1 atom stereocenters. The van der Waals surface area contributed by atoms with Gasteiger partial charge in [-0.2, -0.15) is 0 Å². The second-order valence-electron chi connectivity index (χ2n) is 8.91. The van der Waals surface area contributed by atoms with Crippen LogP contribution in [0.2, 0.25) is 5.02 Å². The minimum absolute atomic E-state index is 0.155. The second kappa shape index (κ2) is 9.98. The lowest BCUT2D eigenvalue weighted by Gasteiger charge is -2.30. The number of aromatic amines is 1. The lowest BCUT2D eigenvalue weighted by molar-refractivity contribution is 0.174. The van der Waals surface area contributed by atoms with Crippen LogP contribution < -0.4 is 10.9 Å². The fourth-order valence-corrected chi connectivity index (χ4v) is 4.91. The Kier molecular flexibility index (Phi) is 7.05. The van der Waals surface area contributed by atoms with E-state index in [9.17, 15) is 9.59 Å². The molecule has 1 aromatic heterocycles. The molecular formula is C26H31ClN4O2. The highest BCUT2D eigenvalue weighted by Crippen LogP contribution is 2.22. The van der Waals surface area contributed by atoms with E-state index in [0.29, 0.717) is 22.8 Å². The van der Waals surface area contributed by atoms with Gasteiger partial charge >= 0.3 is 6.03 Å². The third-order valence-electron chi connectivity index (χ3n) is 6.45. The van der Waals surface area contributed by atoms with E-state index in [4.69, 9.17) is 11.6 Å². The molecule has 33 heavy (non-hydrogen) atoms. The first kappa shape index (κ1) is 23.3. The number of aromatic nitrogens is 1. The monoisotopic (exact) mass is 466 g/mol. The van der Waals surface area contributed by atoms with Gasteiger partial charge in [-0.3, -0.25) is 9.69 Å². The number of hydrogen-bond acceptors (Lipinski definition) is 3. The summed E-state index contributed by atoms with van der Waals surface area (Å²) in [6.45, 7) is 8.99. The van der Waals surface area contributed by atoms with Crippen molar-refractivity contribution >= 4 is 34.2 Å². The molecule has 1 saturated heterocycles. The molecule has 0 spiro atoms. The largest absolute Gasteiger partial charge is 0.322 e. The number of urea groups is 1. The maximum absolute atomic E-state index is 13.3. The molecule has 0 radical (unpaired) electrons. The summed E-state index contributed by atoms with van der Waals surface area (Å²) in [5, 5.41) is 4.56. The maximum atomic E-state index is 13.3. The number of likely N-dealkylation sites (tertiary alicyclic amines) is 1. The topological polar surface area (TPSA) is 68.4 Å². The molecule has 7 heteroatoms. The fraction of sp³-hybridized carbons (Fsp3) is 0.385. The fourth-order valence-electron chi connectivity index (χ4n) is 4.78. The number of anilines is 1. The first-order valence-electron chi connectivity index (χ1n) is 11.5. The number of carbonyl (C=O) groups excluding carboxylic acids is 1. The van der Waals surface area contributed by atoms with Crippen LogP contribution in [0.15, 0.2) is 47.3 Å². The van der Waals surface area contributed by atoms with Crippen molar-refractivity contribution in [3.63, 3.8) is 0 Å². The molecule has 4 rings (SSSR count). The van der Waals surface area contributed by atoms with Crippen LogP contribution in [0.4, 0.5) is 10.5 Å². The molecule has 0 aliphatic carbocycles. The van der Waals surface area contributed by atoms with E-state index in [1.807, 2.05) is 19.9 Å². The van der Waals surface area contributed by atoms with E-state index in [1.165, 1.54) is 0 Å². The summed E-state index contributed by atoms with van der Waals surface area (Å²) in [6, 6.07) is 13.2. The molecule has 2 amide bonds. The maximum Gasteiger partial charge on any atom is 0.322 e. The van der Waals surface area contributed by atoms with Crippen LogP contribution in [-0.4, -0.2) is 46.5 Å². The summed E-state index contributed by atoms with van der Waals surface area (Å²) < 4.78 is 0. The summed E-state index contributed by atoms with van der Waals surface area (Å²) in [4.78, 5) is 33.4. The average molecular weight is 467 g/mol. The Labute approximate surface area is 199 Å². The number of hydrogen-bond donors (Lipinski definition) is 2. The SMILES string of the molecule is CCN1CCC[C@@H]1CN(Cc1cc2cc(C)cc(C)c2[nH]c1=O)C(=O)Nc1ccc(Cl)cc1. The molecule has 2 aromatic carbocycles. The highest BCUT2D eigenvalue weighted by atomic mass is 35.5. The third kappa shape index (κ3) is 5.40. The number of benzene rings is 2. The van der Waals surface area contributed by atoms with Gasteiger partial charge in [0.05, 0.1) is 12.1 Å². The van der Waals surface area contributed by atoms with Crippen molar-refractivity contribution < 1.29 is 4.79 Å². The zero-order chi connectivity index (χ0) is 23.5. The van der Waals surface area contributed by atoms with Crippen LogP contribution in [0.3, 0.4) is 0 Å². The highest BCUT2D eigenvalue weighted by Gasteiger charge is 2.28. The van der Waals surface area contributed by atoms with Crippen LogP contribution in [0.25, 0.3) is 10.9 Å². The minimum atomic E-state index is -0.222. The molecule has 2 heterocycles. The number of H-pyrrole nitrogens is 1. The quantitative estimate of drug-likeness (QED) is 0.516. The number of amides is 2. The number of halogens is 1. The number of aryl methyl sites for hydroxylation is 2. The van der Waals surface area contributed by atoms with Gasteiger partial charge in [-0.15, -0.1) is 0 Å². The number of likely N-dealkylation sites (N-methyl/N-ethyl adjacent to an activating group) is 1. The van der Waals surface area contributed by atoms with E-state index in [1.54, 1.807) is 29.2 Å². The summed E-state index contributed by atoms with van der Waals surface area (Å²) in [5.74, 6) is 0. The van der Waals surface area contributed by atoms with Gasteiger partial charge in [-0.05, 0) is 87.1 Å². The van der Waals surface area contributed by atoms with E-state index < -0.39 is 0 Å². The normalized spacial score (nSPS) is 16.3. The standard InChI is InChI=1S/C26H31ClN4O2/c1-4-30-11-5-6-23(30)16-31(26(33)28-22-9-7-21(27)8-10-22)15-20-14-19-13-17(2)12-18(3)24(19)29-25(20)32/h7-10,12-14,23H,4-6,11,15-16H2,1-3H3,(H,28,33)(H,29,32)/t23-/m1/s1. The number of carbonyl (C=O) groups is 1. The third-order valence-corrected chi connectivity index (χ3v) is 6.70. The van der Waals surface area contributed by atoms with E-state index in [0.717, 1.165) is 48.0 Å². The number of fused-ring (bicyclic) bond motifs is 1. The van der Waals surface area contributed by atoms with Crippen LogP contribution >= 0.6 is 11.6 Å². The molecule has 2 N–H and O–H groups in total. The van der Waals surface area contributed by atoms with Crippen molar-refractivity contribution in [3.05, 3.63) is 74.5 Å². The summed E-state index contributed by atoms with van der Waals surface area (Å²) >= 11 is 5.98. The molecule has 3 aromatic rings. The van der Waals surface area contributed by atoms with Crippen molar-refractivity contribution in [2.24, 2.45) is 0 Å². The predicted octanol–water partition coefficient (Wildman–Crippen LogP) is 5.32. The zero-order valence-electron chi connectivity index (χ0n) is 19.5. The number of nitrogens with one attached hydrogen (secondary N) is 2. The Morgan fingerprint density at radius 2 is 1.97 bits per heavy atom. The van der Waals surface area contributed by atoms with Crippen LogP contribution in [0.5, 0.6) is 0 Å². The van der Waals surface area contributed by atoms with Gasteiger partial charge < -0.3 is 15.2 Å². The Morgan fingerprint density at radius 3 is 2.70 bits per heavy atom. The zero-order valence-corrected chi connectivity index (χ0v) is 20.2. The molecule has 1 aliphatic heterocycles. The smallest absolute Gasteiger partial charge is 0.321 e. The summed E-state index contributed by atoms with van der Waals surface area (Å²) in [6.07, 6.45) is 2.17. The molecular weight excluding hydrogens is 436 g/mol. The van der Waals surface area contributed by atoms with Gasteiger partial charge in [0.25, 0.3) is 5.56 Å². The molecule has 6 nitrogen and oxygen atoms in total. The second-order valence-corrected chi connectivity index (χ2v) is 9.35. The number of rotatable bonds is 6. The molecule has 1 fully saturated rings. The van der Waals surface area contributed by atoms with Crippen LogP contribution in [-0.2, 0) is 6.54 Å². The van der Waals surface area contributed by atoms with Crippen molar-refractivity contribution in [3.8, 4) is 0 Å². The van der Waals surface area contributed by atoms with E-state index >= 15 is 0 Å². The van der Waals surface area contributed by atoms with Gasteiger partial charge in [0, 0.05) is 28.9 Å². The van der Waals surface area contributed by atoms with Crippen molar-refractivity contribution in [2.75, 3.05) is 25.0 Å². The van der Waals surface area contributed by atoms with Crippen LogP contribution in [0.1, 0.15) is 36.5 Å². The van der Waals surface area contributed by atoms with Gasteiger partial charge in [-0.1, -0.05) is 30.2 Å². The molecule has 0 saturated carbocycles. The van der Waals surface area contributed by atoms with Gasteiger partial charge in [0.15, 0.2) is 0 Å². The first-order chi connectivity index (χ1) is 15.8. The first-order valence-corrected chi connectivity index (χ1v) is 11.9. The minimum Gasteiger partial charge on any atom is -0.321 e. The Balaban J connectivity index is 1.63. The molecule has 174 valence electrons. The Bertz CT molecular complexity index is 1210. The Hall–Kier alpha value is -2.83. The van der Waals surface area contributed by atoms with Gasteiger partial charge in [0.2, 0.25) is 0 Å². The van der Waals surface area contributed by atoms with Gasteiger partial charge in [0.1, 0.15) is 0 Å². The summed E-state index contributed by atoms with van der Waals surface area (Å²) in [7, 11) is 0. The van der Waals surface area contributed by atoms with Gasteiger partial charge in [-0.25, -0.2) is 4.79 Å². The van der Waals surface area contributed by atoms with E-state index in [2.05, 4.69) is 34.3 Å². The van der Waals surface area contributed by atoms with E-state index in [-0.39, 0.29) is 24.2 Å². The number of pyridine rings is 1. The number of nitrogens with zero attached hydrogens (tertiary/aromatic N) is 2. The molecule has 0 bridgehead atoms. The lowest BCUT2D eigenvalue weighted by Crippen LogP contribution is -2.45. The Morgan fingerprint density at radius 1 is 1.21 bits per heavy atom.